The van der Waals surface area contributed by atoms with Crippen LogP contribution in [0.1, 0.15) is 39.8 Å². The van der Waals surface area contributed by atoms with E-state index >= 15 is 0 Å². The van der Waals surface area contributed by atoms with Crippen molar-refractivity contribution in [2.24, 2.45) is 4.99 Å². The first kappa shape index (κ1) is 23.0. The van der Waals surface area contributed by atoms with E-state index in [1.807, 2.05) is 28.9 Å². The highest BCUT2D eigenvalue weighted by atomic mass is 16.4. The maximum absolute atomic E-state index is 12.7. The molecular formula is C26H27N5O3. The van der Waals surface area contributed by atoms with Gasteiger partial charge in [-0.1, -0.05) is 31.2 Å². The van der Waals surface area contributed by atoms with E-state index in [1.165, 1.54) is 11.6 Å². The number of carboxylic acid groups (broad SMARTS) is 1. The number of amides is 1. The summed E-state index contributed by atoms with van der Waals surface area (Å²) in [5.74, 6) is -1.20. The van der Waals surface area contributed by atoms with Gasteiger partial charge in [0.2, 0.25) is 0 Å². The average molecular weight is 458 g/mol. The van der Waals surface area contributed by atoms with Crippen molar-refractivity contribution < 1.29 is 14.7 Å². The lowest BCUT2D eigenvalue weighted by molar-refractivity contribution is 0.0683. The maximum atomic E-state index is 12.7. The molecular weight excluding hydrogens is 430 g/mol. The number of carbonyl (C=O) groups is 2. The number of aryl methyl sites for hydroxylation is 2. The number of rotatable bonds is 8. The molecule has 0 unspecified atom stereocenters. The van der Waals surface area contributed by atoms with Crippen LogP contribution in [0.2, 0.25) is 0 Å². The van der Waals surface area contributed by atoms with E-state index in [2.05, 4.69) is 34.3 Å². The second-order valence-corrected chi connectivity index (χ2v) is 7.90. The fraction of sp³-hybridized carbons (Fsp3) is 0.231. The molecule has 34 heavy (non-hydrogen) atoms. The minimum Gasteiger partial charge on any atom is -0.477 e. The molecule has 1 aromatic carbocycles. The molecule has 0 bridgehead atoms. The van der Waals surface area contributed by atoms with E-state index in [4.69, 9.17) is 0 Å². The fourth-order valence-corrected chi connectivity index (χ4v) is 3.99. The van der Waals surface area contributed by atoms with E-state index in [1.54, 1.807) is 36.0 Å². The van der Waals surface area contributed by atoms with Gasteiger partial charge in [0.05, 0.1) is 17.2 Å². The Morgan fingerprint density at radius 1 is 1.12 bits per heavy atom. The summed E-state index contributed by atoms with van der Waals surface area (Å²) in [6, 6.07) is 15.1. The van der Waals surface area contributed by atoms with Crippen LogP contribution in [0.4, 0.5) is 0 Å². The van der Waals surface area contributed by atoms with Crippen molar-refractivity contribution in [3.63, 3.8) is 0 Å². The molecule has 0 radical (unpaired) electrons. The van der Waals surface area contributed by atoms with Crippen LogP contribution >= 0.6 is 0 Å². The van der Waals surface area contributed by atoms with Gasteiger partial charge in [0, 0.05) is 43.7 Å². The minimum atomic E-state index is -1.01. The molecule has 8 heteroatoms. The van der Waals surface area contributed by atoms with Crippen molar-refractivity contribution in [1.29, 1.82) is 0 Å². The highest BCUT2D eigenvalue weighted by molar-refractivity contribution is 5.95. The second kappa shape index (κ2) is 10.2. The molecule has 0 saturated carbocycles. The summed E-state index contributed by atoms with van der Waals surface area (Å²) in [6.45, 7) is 3.01. The standard InChI is InChI=1S/C26H27N5O3/c1-3-18-7-4-5-8-21(18)23-17-29-24-15-19(9-14-31(23)24)25(32)28-11-6-12-30-13-10-20(27-2)16-22(30)26(33)34/h4-5,7-10,13-17H,3,6,11-12H2,1-2H3,(H,28,32)(H,33,34). The molecule has 0 atom stereocenters. The predicted octanol–water partition coefficient (Wildman–Crippen LogP) is 3.41. The molecule has 0 spiro atoms. The van der Waals surface area contributed by atoms with Crippen molar-refractivity contribution >= 4 is 17.5 Å². The monoisotopic (exact) mass is 457 g/mol. The van der Waals surface area contributed by atoms with Crippen molar-refractivity contribution in [3.8, 4) is 11.3 Å². The number of fused-ring (bicyclic) bond motifs is 1. The summed E-state index contributed by atoms with van der Waals surface area (Å²) < 4.78 is 3.64. The third-order valence-corrected chi connectivity index (χ3v) is 5.81. The molecule has 2 N–H and O–H groups in total. The largest absolute Gasteiger partial charge is 0.477 e. The first-order valence-electron chi connectivity index (χ1n) is 11.2. The Bertz CT molecular complexity index is 1420. The Kier molecular flexibility index (Phi) is 6.87. The normalized spacial score (nSPS) is 11.6. The number of carboxylic acids is 1. The molecule has 1 amide bonds. The van der Waals surface area contributed by atoms with Crippen LogP contribution in [0.5, 0.6) is 0 Å². The first-order chi connectivity index (χ1) is 16.5. The molecule has 0 aliphatic heterocycles. The molecule has 4 rings (SSSR count). The van der Waals surface area contributed by atoms with Crippen LogP contribution in [-0.2, 0) is 13.0 Å². The van der Waals surface area contributed by atoms with Gasteiger partial charge in [-0.2, -0.15) is 0 Å². The topological polar surface area (TPSA) is 101 Å². The van der Waals surface area contributed by atoms with E-state index in [0.717, 1.165) is 17.7 Å². The molecule has 3 heterocycles. The van der Waals surface area contributed by atoms with Crippen molar-refractivity contribution in [2.75, 3.05) is 13.6 Å². The van der Waals surface area contributed by atoms with E-state index in [0.29, 0.717) is 36.1 Å². The predicted molar refractivity (Wildman–Crippen MR) is 130 cm³/mol. The summed E-state index contributed by atoms with van der Waals surface area (Å²) in [5.41, 5.74) is 4.77. The van der Waals surface area contributed by atoms with Crippen molar-refractivity contribution in [3.05, 3.63) is 89.3 Å². The molecule has 174 valence electrons. The number of pyridine rings is 2. The van der Waals surface area contributed by atoms with Gasteiger partial charge < -0.3 is 15.0 Å². The Balaban J connectivity index is 1.42. The van der Waals surface area contributed by atoms with Crippen LogP contribution in [0.3, 0.4) is 0 Å². The Hall–Kier alpha value is -4.20. The molecule has 0 aliphatic rings. The maximum Gasteiger partial charge on any atom is 0.352 e. The van der Waals surface area contributed by atoms with Gasteiger partial charge in [-0.25, -0.2) is 9.78 Å². The van der Waals surface area contributed by atoms with Crippen LogP contribution in [0.25, 0.3) is 16.9 Å². The molecule has 3 aromatic heterocycles. The molecule has 0 fully saturated rings. The van der Waals surface area contributed by atoms with Gasteiger partial charge in [0.1, 0.15) is 11.3 Å². The van der Waals surface area contributed by atoms with E-state index in [-0.39, 0.29) is 11.6 Å². The third-order valence-electron chi connectivity index (χ3n) is 5.81. The van der Waals surface area contributed by atoms with Gasteiger partial charge in [-0.05, 0) is 42.7 Å². The van der Waals surface area contributed by atoms with Gasteiger partial charge in [0.25, 0.3) is 5.91 Å². The van der Waals surface area contributed by atoms with Gasteiger partial charge in [-0.3, -0.25) is 14.2 Å². The van der Waals surface area contributed by atoms with Crippen molar-refractivity contribution in [1.82, 2.24) is 19.3 Å². The SMILES string of the molecule is CCc1ccccc1-c1cnc2cc(C(=O)NCCCn3ccc(=NC)cc3C(=O)O)ccn12. The number of imidazole rings is 1. The van der Waals surface area contributed by atoms with E-state index < -0.39 is 5.97 Å². The number of aromatic carboxylic acids is 1. The summed E-state index contributed by atoms with van der Waals surface area (Å²) in [4.78, 5) is 32.7. The summed E-state index contributed by atoms with van der Waals surface area (Å²) >= 11 is 0. The highest BCUT2D eigenvalue weighted by Gasteiger charge is 2.12. The summed E-state index contributed by atoms with van der Waals surface area (Å²) in [7, 11) is 1.62. The zero-order valence-corrected chi connectivity index (χ0v) is 19.2. The fourth-order valence-electron chi connectivity index (χ4n) is 3.99. The Morgan fingerprint density at radius 3 is 2.71 bits per heavy atom. The lowest BCUT2D eigenvalue weighted by Crippen LogP contribution is -2.26. The van der Waals surface area contributed by atoms with Crippen LogP contribution < -0.4 is 10.7 Å². The van der Waals surface area contributed by atoms with Gasteiger partial charge in [-0.15, -0.1) is 0 Å². The summed E-state index contributed by atoms with van der Waals surface area (Å²) in [6.07, 6.45) is 6.92. The third kappa shape index (κ3) is 4.76. The second-order valence-electron chi connectivity index (χ2n) is 7.90. The quantitative estimate of drug-likeness (QED) is 0.396. The number of aromatic nitrogens is 3. The summed E-state index contributed by atoms with van der Waals surface area (Å²) in [5, 5.41) is 12.9. The van der Waals surface area contributed by atoms with Crippen LogP contribution in [0, 0.1) is 0 Å². The van der Waals surface area contributed by atoms with Gasteiger partial charge >= 0.3 is 5.97 Å². The van der Waals surface area contributed by atoms with E-state index in [9.17, 15) is 14.7 Å². The number of benzene rings is 1. The minimum absolute atomic E-state index is 0.166. The van der Waals surface area contributed by atoms with Crippen LogP contribution in [-0.4, -0.2) is 44.5 Å². The number of hydrogen-bond acceptors (Lipinski definition) is 4. The molecule has 4 aromatic rings. The number of nitrogens with one attached hydrogen (secondary N) is 1. The first-order valence-corrected chi connectivity index (χ1v) is 11.2. The lowest BCUT2D eigenvalue weighted by Gasteiger charge is -2.11. The zero-order chi connectivity index (χ0) is 24.1. The van der Waals surface area contributed by atoms with Crippen molar-refractivity contribution in [2.45, 2.75) is 26.3 Å². The molecule has 8 nitrogen and oxygen atoms in total. The van der Waals surface area contributed by atoms with Crippen LogP contribution in [0.15, 0.2) is 72.1 Å². The molecule has 0 saturated heterocycles. The number of carbonyl (C=O) groups excluding carboxylic acids is 1. The highest BCUT2D eigenvalue weighted by Crippen LogP contribution is 2.25. The van der Waals surface area contributed by atoms with Gasteiger partial charge in [0.15, 0.2) is 0 Å². The smallest absolute Gasteiger partial charge is 0.352 e. The number of hydrogen-bond donors (Lipinski definition) is 2. The average Bonchev–Trinajstić information content (AvgIpc) is 3.29. The molecule has 0 aliphatic carbocycles. The Labute approximate surface area is 197 Å². The number of nitrogens with zero attached hydrogens (tertiary/aromatic N) is 4. The lowest BCUT2D eigenvalue weighted by atomic mass is 10.0. The zero-order valence-electron chi connectivity index (χ0n) is 19.2. The Morgan fingerprint density at radius 2 is 1.94 bits per heavy atom.